The highest BCUT2D eigenvalue weighted by Crippen LogP contribution is 2.54. The van der Waals surface area contributed by atoms with Gasteiger partial charge < -0.3 is 18.9 Å². The van der Waals surface area contributed by atoms with E-state index in [2.05, 4.69) is 389 Å². The molecular formula is C102H95BN4. The highest BCUT2D eigenvalue weighted by atomic mass is 15.2. The molecule has 0 N–H and O–H groups in total. The Kier molecular flexibility index (Phi) is 14.9. The van der Waals surface area contributed by atoms with Crippen LogP contribution in [0.2, 0.25) is 0 Å². The quantitative estimate of drug-likeness (QED) is 0.141. The minimum atomic E-state index is -0.176. The van der Waals surface area contributed by atoms with Gasteiger partial charge in [-0.05, 0) is 191 Å². The van der Waals surface area contributed by atoms with E-state index in [0.717, 1.165) is 59.8 Å². The van der Waals surface area contributed by atoms with Gasteiger partial charge in [0.25, 0.3) is 6.71 Å². The van der Waals surface area contributed by atoms with Crippen molar-refractivity contribution in [2.75, 3.05) is 9.80 Å². The van der Waals surface area contributed by atoms with E-state index in [0.29, 0.717) is 0 Å². The molecule has 0 atom stereocenters. The molecule has 19 rings (SSSR count). The third-order valence-corrected chi connectivity index (χ3v) is 25.6. The predicted octanol–water partition coefficient (Wildman–Crippen LogP) is 25.9. The van der Waals surface area contributed by atoms with Crippen molar-refractivity contribution in [3.63, 3.8) is 0 Å². The van der Waals surface area contributed by atoms with Gasteiger partial charge in [-0.2, -0.15) is 0 Å². The third kappa shape index (κ3) is 10.4. The fraction of sp³-hybridized carbons (Fsp3) is 0.235. The molecule has 107 heavy (non-hydrogen) atoms. The van der Waals surface area contributed by atoms with Crippen LogP contribution in [0.3, 0.4) is 0 Å². The molecule has 0 fully saturated rings. The summed E-state index contributed by atoms with van der Waals surface area (Å²) in [6, 6.07) is 106. The summed E-state index contributed by atoms with van der Waals surface area (Å²) < 4.78 is 5.14. The molecule has 4 nitrogen and oxygen atoms in total. The van der Waals surface area contributed by atoms with Gasteiger partial charge in [-0.1, -0.05) is 309 Å². The second-order valence-electron chi connectivity index (χ2n) is 36.2. The van der Waals surface area contributed by atoms with E-state index >= 15 is 0 Å². The Morgan fingerprint density at radius 3 is 1.03 bits per heavy atom. The van der Waals surface area contributed by atoms with E-state index < -0.39 is 0 Å². The number of benzene rings is 13. The Bertz CT molecular complexity index is 5800. The van der Waals surface area contributed by atoms with Crippen LogP contribution in [0.5, 0.6) is 0 Å². The van der Waals surface area contributed by atoms with Crippen LogP contribution in [0.25, 0.3) is 99.5 Å². The van der Waals surface area contributed by atoms with Gasteiger partial charge in [-0.3, -0.25) is 0 Å². The molecule has 0 radical (unpaired) electrons. The Labute approximate surface area is 633 Å². The molecule has 2 aromatic heterocycles. The minimum Gasteiger partial charge on any atom is -0.311 e. The number of fused-ring (bicyclic) bond motifs is 12. The van der Waals surface area contributed by atoms with E-state index in [-0.39, 0.29) is 39.2 Å². The highest BCUT2D eigenvalue weighted by Gasteiger charge is 2.46. The molecule has 5 heteroatoms. The topological polar surface area (TPSA) is 16.3 Å². The molecule has 4 aliphatic rings. The van der Waals surface area contributed by atoms with Crippen molar-refractivity contribution < 1.29 is 0 Å². The van der Waals surface area contributed by atoms with Crippen LogP contribution < -0.4 is 26.2 Å². The lowest BCUT2D eigenvalue weighted by atomic mass is 9.33. The Morgan fingerprint density at radius 2 is 0.617 bits per heavy atom. The molecule has 0 spiro atoms. The fourth-order valence-corrected chi connectivity index (χ4v) is 19.4. The maximum Gasteiger partial charge on any atom is 0.252 e. The molecule has 4 heterocycles. The standard InChI is InChI=1S/C102H95BN4/c1-97(2,3)68-46-40-64(41-47-68)74-30-23-32-78-76-28-17-21-36-88(76)104(95(74)78)70-50-54-84-92(62-70)106(86-34-19-15-26-72(86)66-44-52-80-82(60-66)101(11,12)58-56-99(80,7)8)90-38-25-39-91-94(90)103(84)85-55-51-71(105-89-37-22-18-29-77(89)79-33-24-31-75(96(79)105)65-42-48-69(49-43-65)98(4,5)6)63-93(85)107(91)87-35-20-16-27-73(87)67-45-53-81-83(61-67)102(13,14)59-57-100(81,9)10/h15-55,60-63H,56-59H2,1-14H3. The summed E-state index contributed by atoms with van der Waals surface area (Å²) in [5, 5.41) is 4.94. The van der Waals surface area contributed by atoms with Gasteiger partial charge in [-0.25, -0.2) is 0 Å². The molecule has 526 valence electrons. The van der Waals surface area contributed by atoms with E-state index in [1.807, 2.05) is 0 Å². The summed E-state index contributed by atoms with van der Waals surface area (Å²) >= 11 is 0. The molecule has 2 aliphatic heterocycles. The molecule has 0 saturated heterocycles. The maximum absolute atomic E-state index is 2.67. The van der Waals surface area contributed by atoms with Gasteiger partial charge in [0.05, 0.1) is 33.4 Å². The Hall–Kier alpha value is -10.9. The summed E-state index contributed by atoms with van der Waals surface area (Å²) in [6.07, 6.45) is 4.61. The molecule has 0 saturated carbocycles. The average Bonchev–Trinajstić information content (AvgIpc) is 1.15. The number of anilines is 6. The molecule has 15 aromatic rings. The number of nitrogens with zero attached hydrogens (tertiary/aromatic N) is 4. The zero-order valence-corrected chi connectivity index (χ0v) is 64.7. The fourth-order valence-electron chi connectivity index (χ4n) is 19.4. The largest absolute Gasteiger partial charge is 0.311 e. The number of para-hydroxylation sites is 6. The van der Waals surface area contributed by atoms with Crippen molar-refractivity contribution in [2.24, 2.45) is 0 Å². The van der Waals surface area contributed by atoms with Crippen LogP contribution in [0, 0.1) is 0 Å². The number of rotatable bonds is 8. The monoisotopic (exact) mass is 1390 g/mol. The predicted molar refractivity (Wildman–Crippen MR) is 459 cm³/mol. The highest BCUT2D eigenvalue weighted by molar-refractivity contribution is 7.00. The van der Waals surface area contributed by atoms with E-state index in [4.69, 9.17) is 0 Å². The first-order valence-electron chi connectivity index (χ1n) is 39.1. The first-order chi connectivity index (χ1) is 51.3. The molecule has 0 amide bonds. The van der Waals surface area contributed by atoms with Crippen molar-refractivity contribution in [1.82, 2.24) is 9.13 Å². The van der Waals surface area contributed by atoms with Crippen molar-refractivity contribution in [3.05, 3.63) is 306 Å². The Morgan fingerprint density at radius 1 is 0.280 bits per heavy atom. The molecule has 2 aliphatic carbocycles. The van der Waals surface area contributed by atoms with E-state index in [1.165, 1.54) is 149 Å². The van der Waals surface area contributed by atoms with Crippen molar-refractivity contribution in [2.45, 2.75) is 155 Å². The van der Waals surface area contributed by atoms with Crippen LogP contribution >= 0.6 is 0 Å². The van der Waals surface area contributed by atoms with E-state index in [1.54, 1.807) is 0 Å². The zero-order chi connectivity index (χ0) is 73.6. The zero-order valence-electron chi connectivity index (χ0n) is 64.7. The minimum absolute atomic E-state index is 0.0189. The lowest BCUT2D eigenvalue weighted by Gasteiger charge is -2.45. The summed E-state index contributed by atoms with van der Waals surface area (Å²) in [5.74, 6) is 0. The van der Waals surface area contributed by atoms with Crippen molar-refractivity contribution >= 4 is 101 Å². The summed E-state index contributed by atoms with van der Waals surface area (Å²) in [6.45, 7) is 33.3. The molecule has 13 aromatic carbocycles. The number of hydrogen-bond acceptors (Lipinski definition) is 2. The number of hydrogen-bond donors (Lipinski definition) is 0. The second-order valence-corrected chi connectivity index (χ2v) is 36.2. The lowest BCUT2D eigenvalue weighted by molar-refractivity contribution is 0.332. The lowest BCUT2D eigenvalue weighted by Crippen LogP contribution is -2.61. The van der Waals surface area contributed by atoms with Gasteiger partial charge in [-0.15, -0.1) is 0 Å². The average molecular weight is 1390 g/mol. The smallest absolute Gasteiger partial charge is 0.252 e. The van der Waals surface area contributed by atoms with Gasteiger partial charge in [0.15, 0.2) is 0 Å². The van der Waals surface area contributed by atoms with Crippen LogP contribution in [0.15, 0.2) is 273 Å². The third-order valence-electron chi connectivity index (χ3n) is 25.6. The molecule has 0 bridgehead atoms. The van der Waals surface area contributed by atoms with Crippen LogP contribution in [-0.4, -0.2) is 15.8 Å². The Balaban J connectivity index is 0.895. The maximum atomic E-state index is 2.67. The van der Waals surface area contributed by atoms with Crippen molar-refractivity contribution in [3.8, 4) is 55.9 Å². The van der Waals surface area contributed by atoms with Crippen LogP contribution in [0.1, 0.15) is 156 Å². The molecular weight excluding hydrogens is 1290 g/mol. The summed E-state index contributed by atoms with van der Waals surface area (Å²) in [5.41, 5.74) is 36.2. The second kappa shape index (κ2) is 23.8. The van der Waals surface area contributed by atoms with Crippen molar-refractivity contribution in [1.29, 1.82) is 0 Å². The van der Waals surface area contributed by atoms with Gasteiger partial charge in [0, 0.05) is 77.9 Å². The SMILES string of the molecule is CC(C)(C)c1ccc(-c2cccc3c4ccccc4n(-c4ccc5c(c4)N(c4ccccc4-c4ccc6c(c4)C(C)(C)CCC6(C)C)c4cccc6c4B5c4ccc(-n5c7ccccc7c7cccc(-c8ccc(C(C)(C)C)cc8)c75)cc4N6c4ccccc4-c4ccc5c(c4)C(C)(C)CCC5(C)C)c23)cc1. The van der Waals surface area contributed by atoms with Crippen LogP contribution in [0.4, 0.5) is 34.1 Å². The molecule has 0 unspecified atom stereocenters. The number of aromatic nitrogens is 2. The van der Waals surface area contributed by atoms with Crippen LogP contribution in [-0.2, 0) is 32.5 Å². The van der Waals surface area contributed by atoms with Gasteiger partial charge >= 0.3 is 0 Å². The van der Waals surface area contributed by atoms with Gasteiger partial charge in [0.2, 0.25) is 0 Å². The summed E-state index contributed by atoms with van der Waals surface area (Å²) in [4.78, 5) is 5.34. The summed E-state index contributed by atoms with van der Waals surface area (Å²) in [7, 11) is 0. The van der Waals surface area contributed by atoms with E-state index in [9.17, 15) is 0 Å². The first kappa shape index (κ1) is 66.8. The first-order valence-corrected chi connectivity index (χ1v) is 39.1. The normalized spacial score (nSPS) is 16.0. The van der Waals surface area contributed by atoms with Gasteiger partial charge in [0.1, 0.15) is 0 Å².